The Hall–Kier alpha value is -2.43. The molecule has 0 bridgehead atoms. The summed E-state index contributed by atoms with van der Waals surface area (Å²) in [6, 6.07) is 20.5. The SMILES string of the molecule is C[C@@H](C/C=C/C(=O)OC1(C)CCCC1)C[C@H](C)[C@H](OCOCc1ccccc1)c1ccccc1. The van der Waals surface area contributed by atoms with Crippen LogP contribution in [0.25, 0.3) is 0 Å². The van der Waals surface area contributed by atoms with Crippen LogP contribution in [-0.4, -0.2) is 18.4 Å². The Bertz CT molecular complexity index is 871. The first kappa shape index (κ1) is 26.2. The van der Waals surface area contributed by atoms with Crippen molar-refractivity contribution in [2.75, 3.05) is 6.79 Å². The first-order chi connectivity index (χ1) is 16.5. The van der Waals surface area contributed by atoms with E-state index in [1.807, 2.05) is 49.4 Å². The van der Waals surface area contributed by atoms with Crippen molar-refractivity contribution in [3.8, 4) is 0 Å². The van der Waals surface area contributed by atoms with Crippen molar-refractivity contribution in [2.45, 2.75) is 77.6 Å². The van der Waals surface area contributed by atoms with Crippen molar-refractivity contribution >= 4 is 5.97 Å². The third-order valence-electron chi connectivity index (χ3n) is 6.66. The second-order valence-corrected chi connectivity index (χ2v) is 9.98. The summed E-state index contributed by atoms with van der Waals surface area (Å²) in [5.74, 6) is 0.502. The molecule has 2 aromatic carbocycles. The summed E-state index contributed by atoms with van der Waals surface area (Å²) < 4.78 is 17.7. The molecule has 0 aromatic heterocycles. The minimum Gasteiger partial charge on any atom is -0.456 e. The second kappa shape index (κ2) is 13.5. The lowest BCUT2D eigenvalue weighted by molar-refractivity contribution is -0.151. The van der Waals surface area contributed by atoms with Crippen LogP contribution >= 0.6 is 0 Å². The van der Waals surface area contributed by atoms with Gasteiger partial charge in [-0.2, -0.15) is 0 Å². The lowest BCUT2D eigenvalue weighted by Crippen LogP contribution is -2.27. The fourth-order valence-electron chi connectivity index (χ4n) is 4.84. The zero-order valence-corrected chi connectivity index (χ0v) is 21.0. The molecule has 3 rings (SSSR count). The maximum atomic E-state index is 12.2. The van der Waals surface area contributed by atoms with Crippen LogP contribution in [0.5, 0.6) is 0 Å². The van der Waals surface area contributed by atoms with E-state index < -0.39 is 0 Å². The molecule has 2 aromatic rings. The van der Waals surface area contributed by atoms with Gasteiger partial charge in [0.15, 0.2) is 0 Å². The standard InChI is InChI=1S/C30H40O4/c1-24(13-12-18-28(31)34-30(3)19-10-11-20-30)21-25(2)29(27-16-8-5-9-17-27)33-23-32-22-26-14-6-4-7-15-26/h4-9,12,14-18,24-25,29H,10-11,13,19-23H2,1-3H3/b18-12+/t24-,25-,29-/m0/s1. The summed E-state index contributed by atoms with van der Waals surface area (Å²) in [6.45, 7) is 7.27. The van der Waals surface area contributed by atoms with E-state index in [4.69, 9.17) is 14.2 Å². The van der Waals surface area contributed by atoms with Crippen molar-refractivity contribution in [2.24, 2.45) is 11.8 Å². The Morgan fingerprint density at radius 3 is 2.32 bits per heavy atom. The Kier molecular flexibility index (Phi) is 10.4. The third-order valence-corrected chi connectivity index (χ3v) is 6.66. The molecule has 0 aliphatic heterocycles. The van der Waals surface area contributed by atoms with Gasteiger partial charge < -0.3 is 14.2 Å². The van der Waals surface area contributed by atoms with Gasteiger partial charge in [0.05, 0.1) is 12.7 Å². The number of hydrogen-bond donors (Lipinski definition) is 0. The summed E-state index contributed by atoms with van der Waals surface area (Å²) in [5, 5.41) is 0. The van der Waals surface area contributed by atoms with Crippen LogP contribution in [0.1, 0.15) is 76.5 Å². The first-order valence-corrected chi connectivity index (χ1v) is 12.6. The van der Waals surface area contributed by atoms with E-state index in [9.17, 15) is 4.79 Å². The average Bonchev–Trinajstić information content (AvgIpc) is 3.25. The normalized spacial score (nSPS) is 18.0. The van der Waals surface area contributed by atoms with Gasteiger partial charge in [0.2, 0.25) is 0 Å². The molecule has 0 spiro atoms. The number of carbonyl (C=O) groups is 1. The van der Waals surface area contributed by atoms with Gasteiger partial charge >= 0.3 is 5.97 Å². The van der Waals surface area contributed by atoms with Gasteiger partial charge in [-0.25, -0.2) is 4.79 Å². The fraction of sp³-hybridized carbons (Fsp3) is 0.500. The molecular weight excluding hydrogens is 424 g/mol. The van der Waals surface area contributed by atoms with Crippen molar-refractivity contribution in [1.82, 2.24) is 0 Å². The quantitative estimate of drug-likeness (QED) is 0.134. The van der Waals surface area contributed by atoms with E-state index >= 15 is 0 Å². The Morgan fingerprint density at radius 1 is 1.00 bits per heavy atom. The van der Waals surface area contributed by atoms with Crippen LogP contribution in [0.4, 0.5) is 0 Å². The molecule has 0 amide bonds. The lowest BCUT2D eigenvalue weighted by Gasteiger charge is -2.27. The van der Waals surface area contributed by atoms with Gasteiger partial charge in [-0.1, -0.05) is 80.6 Å². The van der Waals surface area contributed by atoms with E-state index in [0.717, 1.165) is 49.7 Å². The predicted octanol–water partition coefficient (Wildman–Crippen LogP) is 7.40. The highest BCUT2D eigenvalue weighted by atomic mass is 16.7. The van der Waals surface area contributed by atoms with E-state index in [-0.39, 0.29) is 24.5 Å². The number of esters is 1. The van der Waals surface area contributed by atoms with Crippen LogP contribution in [0.3, 0.4) is 0 Å². The lowest BCUT2D eigenvalue weighted by atomic mass is 9.87. The molecule has 3 atom stereocenters. The maximum absolute atomic E-state index is 12.2. The molecule has 184 valence electrons. The number of hydrogen-bond acceptors (Lipinski definition) is 4. The largest absolute Gasteiger partial charge is 0.456 e. The molecule has 1 fully saturated rings. The highest BCUT2D eigenvalue weighted by molar-refractivity contribution is 5.82. The smallest absolute Gasteiger partial charge is 0.330 e. The summed E-state index contributed by atoms with van der Waals surface area (Å²) >= 11 is 0. The van der Waals surface area contributed by atoms with E-state index in [0.29, 0.717) is 18.4 Å². The molecule has 1 saturated carbocycles. The number of benzene rings is 2. The first-order valence-electron chi connectivity index (χ1n) is 12.6. The van der Waals surface area contributed by atoms with Crippen molar-refractivity contribution in [3.05, 3.63) is 83.9 Å². The molecule has 0 heterocycles. The molecule has 0 unspecified atom stereocenters. The highest BCUT2D eigenvalue weighted by Gasteiger charge is 2.31. The zero-order valence-electron chi connectivity index (χ0n) is 21.0. The molecule has 4 nitrogen and oxygen atoms in total. The Balaban J connectivity index is 1.47. The Morgan fingerprint density at radius 2 is 1.65 bits per heavy atom. The van der Waals surface area contributed by atoms with Gasteiger partial charge in [0, 0.05) is 6.08 Å². The van der Waals surface area contributed by atoms with Crippen LogP contribution in [0.15, 0.2) is 72.8 Å². The summed E-state index contributed by atoms with van der Waals surface area (Å²) in [6.07, 6.45) is 9.56. The highest BCUT2D eigenvalue weighted by Crippen LogP contribution is 2.33. The fourth-order valence-corrected chi connectivity index (χ4v) is 4.84. The predicted molar refractivity (Wildman–Crippen MR) is 136 cm³/mol. The third kappa shape index (κ3) is 8.73. The average molecular weight is 465 g/mol. The molecule has 34 heavy (non-hydrogen) atoms. The van der Waals surface area contributed by atoms with E-state index in [1.54, 1.807) is 6.08 Å². The van der Waals surface area contributed by atoms with Crippen molar-refractivity contribution in [3.63, 3.8) is 0 Å². The van der Waals surface area contributed by atoms with Gasteiger partial charge in [0.1, 0.15) is 12.4 Å². The van der Waals surface area contributed by atoms with Gasteiger partial charge in [-0.05, 0) is 68.4 Å². The maximum Gasteiger partial charge on any atom is 0.330 e. The molecule has 1 aliphatic carbocycles. The van der Waals surface area contributed by atoms with E-state index in [1.165, 1.54) is 0 Å². The van der Waals surface area contributed by atoms with Gasteiger partial charge in [-0.3, -0.25) is 0 Å². The van der Waals surface area contributed by atoms with Gasteiger partial charge in [0.25, 0.3) is 0 Å². The zero-order chi connectivity index (χ0) is 24.2. The minimum atomic E-state index is -0.273. The minimum absolute atomic E-state index is 0.0457. The summed E-state index contributed by atoms with van der Waals surface area (Å²) in [7, 11) is 0. The molecule has 1 aliphatic rings. The van der Waals surface area contributed by atoms with Crippen LogP contribution in [0, 0.1) is 11.8 Å². The number of allylic oxidation sites excluding steroid dienone is 1. The van der Waals surface area contributed by atoms with Crippen LogP contribution < -0.4 is 0 Å². The van der Waals surface area contributed by atoms with Gasteiger partial charge in [-0.15, -0.1) is 0 Å². The van der Waals surface area contributed by atoms with E-state index in [2.05, 4.69) is 38.1 Å². The van der Waals surface area contributed by atoms with Crippen molar-refractivity contribution in [1.29, 1.82) is 0 Å². The second-order valence-electron chi connectivity index (χ2n) is 9.98. The number of ether oxygens (including phenoxy) is 3. The molecule has 4 heteroatoms. The molecule has 0 N–H and O–H groups in total. The summed E-state index contributed by atoms with van der Waals surface area (Å²) in [5.41, 5.74) is 2.02. The van der Waals surface area contributed by atoms with Crippen molar-refractivity contribution < 1.29 is 19.0 Å². The number of rotatable bonds is 13. The molecular formula is C30H40O4. The molecule has 0 saturated heterocycles. The topological polar surface area (TPSA) is 44.8 Å². The van der Waals surface area contributed by atoms with Crippen LogP contribution in [-0.2, 0) is 25.6 Å². The Labute approximate surface area is 205 Å². The van der Waals surface area contributed by atoms with Crippen LogP contribution in [0.2, 0.25) is 0 Å². The monoisotopic (exact) mass is 464 g/mol. The molecule has 0 radical (unpaired) electrons. The summed E-state index contributed by atoms with van der Waals surface area (Å²) in [4.78, 5) is 12.2. The number of carbonyl (C=O) groups excluding carboxylic acids is 1.